The lowest BCUT2D eigenvalue weighted by molar-refractivity contribution is 0.0349. The molecule has 2 aromatic carbocycles. The number of cyclic esters (lactones) is 1. The third-order valence-corrected chi connectivity index (χ3v) is 4.71. The van der Waals surface area contributed by atoms with Crippen LogP contribution in [0.2, 0.25) is 0 Å². The van der Waals surface area contributed by atoms with Gasteiger partial charge in [0.1, 0.15) is 11.9 Å². The third kappa shape index (κ3) is 4.08. The first-order chi connectivity index (χ1) is 14.1. The van der Waals surface area contributed by atoms with E-state index in [9.17, 15) is 9.59 Å². The van der Waals surface area contributed by atoms with E-state index in [0.29, 0.717) is 35.7 Å². The lowest BCUT2D eigenvalue weighted by atomic mass is 10.0. The normalized spacial score (nSPS) is 14.8. The molecule has 1 amide bonds. The Bertz CT molecular complexity index is 1020. The minimum absolute atomic E-state index is 0.117. The monoisotopic (exact) mass is 389 g/mol. The second-order valence-corrected chi connectivity index (χ2v) is 6.67. The van der Waals surface area contributed by atoms with E-state index in [-0.39, 0.29) is 18.0 Å². The fourth-order valence-electron chi connectivity index (χ4n) is 3.19. The van der Waals surface area contributed by atoms with Gasteiger partial charge in [-0.05, 0) is 30.3 Å². The maximum Gasteiger partial charge on any atom is 0.339 e. The number of fused-ring (bicyclic) bond motifs is 1. The zero-order valence-corrected chi connectivity index (χ0v) is 15.8. The zero-order chi connectivity index (χ0) is 20.2. The fourth-order valence-corrected chi connectivity index (χ4v) is 3.19. The second-order valence-electron chi connectivity index (χ2n) is 6.67. The SMILES string of the molecule is CN(CCC1OC(=O)c2ccccc21)C(=O)c1ccc(Oc2cnccn2)cc1. The highest BCUT2D eigenvalue weighted by atomic mass is 16.5. The molecule has 0 radical (unpaired) electrons. The molecule has 1 aromatic heterocycles. The topological polar surface area (TPSA) is 81.6 Å². The van der Waals surface area contributed by atoms with E-state index in [0.717, 1.165) is 5.56 Å². The van der Waals surface area contributed by atoms with Crippen molar-refractivity contribution in [3.05, 3.63) is 83.8 Å². The van der Waals surface area contributed by atoms with Crippen LogP contribution < -0.4 is 4.74 Å². The van der Waals surface area contributed by atoms with Crippen molar-refractivity contribution in [1.82, 2.24) is 14.9 Å². The molecule has 0 fully saturated rings. The van der Waals surface area contributed by atoms with Gasteiger partial charge in [-0.25, -0.2) is 9.78 Å². The van der Waals surface area contributed by atoms with Crippen LogP contribution in [-0.4, -0.2) is 40.3 Å². The standard InChI is InChI=1S/C22H19N3O4/c1-25(13-10-19-17-4-2-3-5-18(17)22(27)29-19)21(26)15-6-8-16(9-7-15)28-20-14-23-11-12-24-20/h2-9,11-12,14,19H,10,13H2,1H3. The predicted octanol–water partition coefficient (Wildman–Crippen LogP) is 3.64. The number of hydrogen-bond donors (Lipinski definition) is 0. The summed E-state index contributed by atoms with van der Waals surface area (Å²) in [5.41, 5.74) is 2.02. The largest absolute Gasteiger partial charge is 0.454 e. The van der Waals surface area contributed by atoms with Crippen LogP contribution in [0.3, 0.4) is 0 Å². The number of nitrogens with zero attached hydrogens (tertiary/aromatic N) is 3. The average molecular weight is 389 g/mol. The fraction of sp³-hybridized carbons (Fsp3) is 0.182. The number of benzene rings is 2. The number of rotatable bonds is 6. The van der Waals surface area contributed by atoms with Crippen molar-refractivity contribution in [2.45, 2.75) is 12.5 Å². The van der Waals surface area contributed by atoms with Gasteiger partial charge in [-0.15, -0.1) is 0 Å². The molecule has 2 heterocycles. The van der Waals surface area contributed by atoms with Gasteiger partial charge in [-0.3, -0.25) is 9.78 Å². The Morgan fingerprint density at radius 3 is 2.69 bits per heavy atom. The van der Waals surface area contributed by atoms with Crippen LogP contribution in [0.15, 0.2) is 67.1 Å². The van der Waals surface area contributed by atoms with Crippen LogP contribution in [0.4, 0.5) is 0 Å². The average Bonchev–Trinajstić information content (AvgIpc) is 3.09. The molecule has 7 heteroatoms. The summed E-state index contributed by atoms with van der Waals surface area (Å²) in [5, 5.41) is 0. The summed E-state index contributed by atoms with van der Waals surface area (Å²) in [4.78, 5) is 34.2. The van der Waals surface area contributed by atoms with Gasteiger partial charge in [-0.2, -0.15) is 0 Å². The van der Waals surface area contributed by atoms with E-state index in [1.807, 2.05) is 18.2 Å². The lowest BCUT2D eigenvalue weighted by Gasteiger charge is -2.19. The van der Waals surface area contributed by atoms with Crippen molar-refractivity contribution in [2.75, 3.05) is 13.6 Å². The molecule has 1 unspecified atom stereocenters. The molecule has 0 bridgehead atoms. The smallest absolute Gasteiger partial charge is 0.339 e. The Hall–Kier alpha value is -3.74. The first-order valence-corrected chi connectivity index (χ1v) is 9.21. The number of amides is 1. The molecular weight excluding hydrogens is 370 g/mol. The lowest BCUT2D eigenvalue weighted by Crippen LogP contribution is -2.28. The Morgan fingerprint density at radius 1 is 1.14 bits per heavy atom. The summed E-state index contributed by atoms with van der Waals surface area (Å²) in [6.45, 7) is 0.461. The molecule has 3 aromatic rings. The molecule has 1 aliphatic heterocycles. The maximum absolute atomic E-state index is 12.7. The maximum atomic E-state index is 12.7. The van der Waals surface area contributed by atoms with E-state index in [2.05, 4.69) is 9.97 Å². The van der Waals surface area contributed by atoms with Crippen LogP contribution in [0, 0.1) is 0 Å². The van der Waals surface area contributed by atoms with Gasteiger partial charge in [0.25, 0.3) is 5.91 Å². The minimum Gasteiger partial charge on any atom is -0.454 e. The van der Waals surface area contributed by atoms with Gasteiger partial charge < -0.3 is 14.4 Å². The van der Waals surface area contributed by atoms with Gasteiger partial charge in [0.2, 0.25) is 5.88 Å². The molecule has 0 spiro atoms. The molecule has 0 saturated heterocycles. The van der Waals surface area contributed by atoms with E-state index >= 15 is 0 Å². The number of esters is 1. The molecule has 146 valence electrons. The van der Waals surface area contributed by atoms with E-state index in [1.165, 1.54) is 6.20 Å². The summed E-state index contributed by atoms with van der Waals surface area (Å²) in [6, 6.07) is 14.2. The molecule has 29 heavy (non-hydrogen) atoms. The number of carbonyl (C=O) groups is 2. The van der Waals surface area contributed by atoms with Crippen molar-refractivity contribution in [3.8, 4) is 11.6 Å². The molecule has 0 aliphatic carbocycles. The van der Waals surface area contributed by atoms with Crippen molar-refractivity contribution < 1.29 is 19.1 Å². The Morgan fingerprint density at radius 2 is 1.93 bits per heavy atom. The van der Waals surface area contributed by atoms with Crippen LogP contribution >= 0.6 is 0 Å². The molecule has 1 atom stereocenters. The van der Waals surface area contributed by atoms with Gasteiger partial charge in [-0.1, -0.05) is 18.2 Å². The van der Waals surface area contributed by atoms with Gasteiger partial charge >= 0.3 is 5.97 Å². The summed E-state index contributed by atoms with van der Waals surface area (Å²) in [6.07, 6.45) is 4.84. The highest BCUT2D eigenvalue weighted by molar-refractivity contribution is 5.94. The number of aromatic nitrogens is 2. The van der Waals surface area contributed by atoms with Crippen LogP contribution in [0.5, 0.6) is 11.6 Å². The third-order valence-electron chi connectivity index (χ3n) is 4.71. The van der Waals surface area contributed by atoms with E-state index in [4.69, 9.17) is 9.47 Å². The highest BCUT2D eigenvalue weighted by Gasteiger charge is 2.30. The van der Waals surface area contributed by atoms with Crippen LogP contribution in [-0.2, 0) is 4.74 Å². The number of hydrogen-bond acceptors (Lipinski definition) is 6. The summed E-state index contributed by atoms with van der Waals surface area (Å²) in [5.74, 6) is 0.529. The minimum atomic E-state index is -0.322. The van der Waals surface area contributed by atoms with Crippen molar-refractivity contribution in [2.24, 2.45) is 0 Å². The quantitative estimate of drug-likeness (QED) is 0.599. The van der Waals surface area contributed by atoms with Crippen LogP contribution in [0.1, 0.15) is 38.8 Å². The first-order valence-electron chi connectivity index (χ1n) is 9.21. The van der Waals surface area contributed by atoms with Crippen molar-refractivity contribution in [1.29, 1.82) is 0 Å². The van der Waals surface area contributed by atoms with Crippen molar-refractivity contribution in [3.63, 3.8) is 0 Å². The van der Waals surface area contributed by atoms with E-state index < -0.39 is 0 Å². The number of ether oxygens (including phenoxy) is 2. The molecule has 0 N–H and O–H groups in total. The Kier molecular flexibility index (Phi) is 5.20. The zero-order valence-electron chi connectivity index (χ0n) is 15.8. The molecule has 4 rings (SSSR count). The van der Waals surface area contributed by atoms with Gasteiger partial charge in [0, 0.05) is 43.5 Å². The Labute approximate surface area is 167 Å². The molecule has 0 saturated carbocycles. The second kappa shape index (κ2) is 8.10. The predicted molar refractivity (Wildman–Crippen MR) is 105 cm³/mol. The van der Waals surface area contributed by atoms with Gasteiger partial charge in [0.15, 0.2) is 0 Å². The summed E-state index contributed by atoms with van der Waals surface area (Å²) in [7, 11) is 1.73. The Balaban J connectivity index is 1.35. The molecule has 7 nitrogen and oxygen atoms in total. The molecule has 1 aliphatic rings. The van der Waals surface area contributed by atoms with Crippen molar-refractivity contribution >= 4 is 11.9 Å². The van der Waals surface area contributed by atoms with Crippen LogP contribution in [0.25, 0.3) is 0 Å². The number of carbonyl (C=O) groups excluding carboxylic acids is 2. The first kappa shape index (κ1) is 18.6. The molecular formula is C22H19N3O4. The summed E-state index contributed by atoms with van der Waals surface area (Å²) >= 11 is 0. The highest BCUT2D eigenvalue weighted by Crippen LogP contribution is 2.32. The summed E-state index contributed by atoms with van der Waals surface area (Å²) < 4.78 is 11.0. The van der Waals surface area contributed by atoms with Gasteiger partial charge in [0.05, 0.1) is 11.8 Å². The van der Waals surface area contributed by atoms with E-state index in [1.54, 1.807) is 54.7 Å².